The predicted molar refractivity (Wildman–Crippen MR) is 79.6 cm³/mol. The number of nitrogens with zero attached hydrogens (tertiary/aromatic N) is 1. The molecule has 0 saturated carbocycles. The highest BCUT2D eigenvalue weighted by Gasteiger charge is 2.17. The summed E-state index contributed by atoms with van der Waals surface area (Å²) in [7, 11) is 0. The molecule has 2 aromatic carbocycles. The van der Waals surface area contributed by atoms with E-state index in [-0.39, 0.29) is 17.2 Å². The number of anilines is 1. The van der Waals surface area contributed by atoms with E-state index in [2.05, 4.69) is 5.32 Å². The molecule has 6 nitrogen and oxygen atoms in total. The van der Waals surface area contributed by atoms with E-state index in [1.807, 2.05) is 6.92 Å². The zero-order valence-electron chi connectivity index (χ0n) is 11.7. The van der Waals surface area contributed by atoms with E-state index in [0.717, 1.165) is 5.56 Å². The first-order chi connectivity index (χ1) is 9.90. The normalized spacial score (nSPS) is 11.9. The van der Waals surface area contributed by atoms with Crippen LogP contribution in [0.4, 0.5) is 11.4 Å². The van der Waals surface area contributed by atoms with E-state index in [0.29, 0.717) is 11.3 Å². The third-order valence-electron chi connectivity index (χ3n) is 3.30. The molecule has 1 atom stereocenters. The maximum Gasteiger partial charge on any atom is 0.271 e. The number of rotatable bonds is 4. The maximum absolute atomic E-state index is 10.8. The highest BCUT2D eigenvalue weighted by atomic mass is 16.6. The summed E-state index contributed by atoms with van der Waals surface area (Å²) >= 11 is 0. The average molecular weight is 288 g/mol. The molecule has 6 heteroatoms. The molecule has 21 heavy (non-hydrogen) atoms. The Morgan fingerprint density at radius 3 is 2.38 bits per heavy atom. The summed E-state index contributed by atoms with van der Waals surface area (Å²) in [5.41, 5.74) is 1.75. The van der Waals surface area contributed by atoms with Crippen LogP contribution in [0, 0.1) is 17.0 Å². The molecule has 0 aromatic heterocycles. The van der Waals surface area contributed by atoms with Crippen molar-refractivity contribution in [3.63, 3.8) is 0 Å². The van der Waals surface area contributed by atoms with Crippen molar-refractivity contribution in [3.8, 4) is 11.5 Å². The van der Waals surface area contributed by atoms with Crippen molar-refractivity contribution in [2.24, 2.45) is 0 Å². The molecule has 1 unspecified atom stereocenters. The van der Waals surface area contributed by atoms with Gasteiger partial charge in [0, 0.05) is 17.8 Å². The van der Waals surface area contributed by atoms with Crippen molar-refractivity contribution >= 4 is 11.4 Å². The van der Waals surface area contributed by atoms with Crippen LogP contribution >= 0.6 is 0 Å². The summed E-state index contributed by atoms with van der Waals surface area (Å²) in [5.74, 6) is -0.0591. The maximum atomic E-state index is 10.8. The minimum Gasteiger partial charge on any atom is -0.507 e. The minimum atomic E-state index is -0.466. The summed E-state index contributed by atoms with van der Waals surface area (Å²) in [6.07, 6.45) is 0. The van der Waals surface area contributed by atoms with Crippen molar-refractivity contribution in [1.29, 1.82) is 0 Å². The zero-order valence-corrected chi connectivity index (χ0v) is 11.7. The van der Waals surface area contributed by atoms with Crippen LogP contribution in [0.2, 0.25) is 0 Å². The molecule has 0 heterocycles. The van der Waals surface area contributed by atoms with Crippen LogP contribution in [-0.4, -0.2) is 15.1 Å². The van der Waals surface area contributed by atoms with Crippen LogP contribution in [0.5, 0.6) is 11.5 Å². The Kier molecular flexibility index (Phi) is 3.98. The number of aryl methyl sites for hydroxylation is 1. The molecule has 0 spiro atoms. The number of hydrogen-bond acceptors (Lipinski definition) is 5. The van der Waals surface area contributed by atoms with Gasteiger partial charge in [0.25, 0.3) is 5.69 Å². The summed E-state index contributed by atoms with van der Waals surface area (Å²) in [6, 6.07) is 8.61. The second-order valence-corrected chi connectivity index (χ2v) is 4.83. The van der Waals surface area contributed by atoms with Gasteiger partial charge in [-0.3, -0.25) is 10.1 Å². The fraction of sp³-hybridized carbons (Fsp3) is 0.200. The third-order valence-corrected chi connectivity index (χ3v) is 3.30. The number of non-ortho nitro benzene ring substituents is 1. The van der Waals surface area contributed by atoms with Gasteiger partial charge in [0.05, 0.1) is 16.5 Å². The Bertz CT molecular complexity index is 665. The first-order valence-corrected chi connectivity index (χ1v) is 6.42. The Labute approximate surface area is 121 Å². The van der Waals surface area contributed by atoms with Gasteiger partial charge in [-0.05, 0) is 31.5 Å². The van der Waals surface area contributed by atoms with E-state index in [1.54, 1.807) is 19.1 Å². The molecule has 0 aliphatic rings. The van der Waals surface area contributed by atoms with Crippen molar-refractivity contribution in [1.82, 2.24) is 0 Å². The zero-order chi connectivity index (χ0) is 15.6. The number of aromatic hydroxyl groups is 2. The predicted octanol–water partition coefficient (Wildman–Crippen LogP) is 3.49. The third kappa shape index (κ3) is 3.05. The SMILES string of the molecule is Cc1ccc([N+](=O)[O-])cc1NC(C)c1c(O)cccc1O. The lowest BCUT2D eigenvalue weighted by Crippen LogP contribution is -2.08. The number of nitro benzene ring substituents is 1. The van der Waals surface area contributed by atoms with Gasteiger partial charge in [0.1, 0.15) is 11.5 Å². The van der Waals surface area contributed by atoms with E-state index in [9.17, 15) is 20.3 Å². The summed E-state index contributed by atoms with van der Waals surface area (Å²) in [6.45, 7) is 3.58. The smallest absolute Gasteiger partial charge is 0.271 e. The van der Waals surface area contributed by atoms with Gasteiger partial charge in [-0.15, -0.1) is 0 Å². The first kappa shape index (κ1) is 14.6. The molecule has 0 radical (unpaired) electrons. The minimum absolute atomic E-state index is 0.0168. The second-order valence-electron chi connectivity index (χ2n) is 4.83. The van der Waals surface area contributed by atoms with Gasteiger partial charge in [-0.1, -0.05) is 12.1 Å². The molecule has 3 N–H and O–H groups in total. The van der Waals surface area contributed by atoms with E-state index in [1.165, 1.54) is 24.3 Å². The molecular formula is C15H16N2O4. The number of hydrogen-bond donors (Lipinski definition) is 3. The number of phenols is 2. The molecule has 0 aliphatic carbocycles. The molecule has 0 amide bonds. The molecule has 110 valence electrons. The summed E-state index contributed by atoms with van der Waals surface area (Å²) in [5, 5.41) is 33.6. The number of nitro groups is 1. The lowest BCUT2D eigenvalue weighted by atomic mass is 10.0. The number of benzene rings is 2. The molecular weight excluding hydrogens is 272 g/mol. The average Bonchev–Trinajstić information content (AvgIpc) is 2.40. The standard InChI is InChI=1S/C15H16N2O4/c1-9-6-7-11(17(20)21)8-12(9)16-10(2)15-13(18)4-3-5-14(15)19/h3-8,10,16,18-19H,1-2H3. The molecule has 0 fully saturated rings. The van der Waals surface area contributed by atoms with E-state index >= 15 is 0 Å². The van der Waals surface area contributed by atoms with Gasteiger partial charge in [-0.25, -0.2) is 0 Å². The first-order valence-electron chi connectivity index (χ1n) is 6.42. The largest absolute Gasteiger partial charge is 0.507 e. The molecule has 0 bridgehead atoms. The fourth-order valence-electron chi connectivity index (χ4n) is 2.17. The van der Waals surface area contributed by atoms with Crippen molar-refractivity contribution in [2.75, 3.05) is 5.32 Å². The van der Waals surface area contributed by atoms with Crippen molar-refractivity contribution in [2.45, 2.75) is 19.9 Å². The number of nitrogens with one attached hydrogen (secondary N) is 1. The van der Waals surface area contributed by atoms with Gasteiger partial charge >= 0.3 is 0 Å². The Hall–Kier alpha value is -2.76. The van der Waals surface area contributed by atoms with Gasteiger partial charge in [0.2, 0.25) is 0 Å². The summed E-state index contributed by atoms with van der Waals surface area (Å²) in [4.78, 5) is 10.4. The number of phenolic OH excluding ortho intramolecular Hbond substituents is 2. The molecule has 0 aliphatic heterocycles. The molecule has 0 saturated heterocycles. The van der Waals surface area contributed by atoms with Crippen LogP contribution in [0.15, 0.2) is 36.4 Å². The van der Waals surface area contributed by atoms with Crippen LogP contribution in [0.25, 0.3) is 0 Å². The van der Waals surface area contributed by atoms with Crippen molar-refractivity contribution in [3.05, 3.63) is 57.6 Å². The van der Waals surface area contributed by atoms with Crippen LogP contribution in [0.3, 0.4) is 0 Å². The summed E-state index contributed by atoms with van der Waals surface area (Å²) < 4.78 is 0. The molecule has 2 aromatic rings. The van der Waals surface area contributed by atoms with E-state index in [4.69, 9.17) is 0 Å². The monoisotopic (exact) mass is 288 g/mol. The van der Waals surface area contributed by atoms with Crippen LogP contribution in [-0.2, 0) is 0 Å². The second kappa shape index (κ2) is 5.70. The fourth-order valence-corrected chi connectivity index (χ4v) is 2.17. The Morgan fingerprint density at radius 2 is 1.81 bits per heavy atom. The lowest BCUT2D eigenvalue weighted by molar-refractivity contribution is -0.384. The van der Waals surface area contributed by atoms with Gasteiger partial charge in [0.15, 0.2) is 0 Å². The van der Waals surface area contributed by atoms with E-state index < -0.39 is 11.0 Å². The van der Waals surface area contributed by atoms with Crippen LogP contribution < -0.4 is 5.32 Å². The molecule has 2 rings (SSSR count). The van der Waals surface area contributed by atoms with Gasteiger partial charge < -0.3 is 15.5 Å². The quantitative estimate of drug-likeness (QED) is 0.591. The Balaban J connectivity index is 2.33. The van der Waals surface area contributed by atoms with Gasteiger partial charge in [-0.2, -0.15) is 0 Å². The van der Waals surface area contributed by atoms with Crippen LogP contribution in [0.1, 0.15) is 24.1 Å². The Morgan fingerprint density at radius 1 is 1.19 bits per heavy atom. The van der Waals surface area contributed by atoms with Crippen molar-refractivity contribution < 1.29 is 15.1 Å². The lowest BCUT2D eigenvalue weighted by Gasteiger charge is -2.19. The highest BCUT2D eigenvalue weighted by Crippen LogP contribution is 2.35. The highest BCUT2D eigenvalue weighted by molar-refractivity contribution is 5.59. The topological polar surface area (TPSA) is 95.6 Å².